The lowest BCUT2D eigenvalue weighted by Crippen LogP contribution is -2.00. The number of benzene rings is 6. The summed E-state index contributed by atoms with van der Waals surface area (Å²) in [7, 11) is 0. The SMILES string of the molecule is c1ccc(-n2c3ccccc3c3cc(-n4c5ccccc5c5c6ccccc6c6nc7ccccc7n6c54)ccc32)cc1. The third-order valence-corrected chi connectivity index (χ3v) is 8.99. The van der Waals surface area contributed by atoms with E-state index in [9.17, 15) is 0 Å². The summed E-state index contributed by atoms with van der Waals surface area (Å²) in [4.78, 5) is 5.17. The molecule has 0 aliphatic heterocycles. The molecule has 0 unspecified atom stereocenters. The first-order valence-electron chi connectivity index (χ1n) is 14.7. The molecule has 43 heavy (non-hydrogen) atoms. The molecule has 10 rings (SSSR count). The average Bonchev–Trinajstić information content (AvgIpc) is 3.73. The van der Waals surface area contributed by atoms with Crippen LogP contribution in [0.1, 0.15) is 0 Å². The van der Waals surface area contributed by atoms with Gasteiger partial charge in [0.15, 0.2) is 0 Å². The Morgan fingerprint density at radius 1 is 0.395 bits per heavy atom. The van der Waals surface area contributed by atoms with Gasteiger partial charge in [-0.1, -0.05) is 91.0 Å². The zero-order valence-electron chi connectivity index (χ0n) is 23.1. The van der Waals surface area contributed by atoms with E-state index in [0.29, 0.717) is 0 Å². The molecule has 0 atom stereocenters. The third-order valence-electron chi connectivity index (χ3n) is 8.99. The second-order valence-corrected chi connectivity index (χ2v) is 11.2. The molecule has 4 aromatic heterocycles. The Bertz CT molecular complexity index is 2720. The minimum atomic E-state index is 0.982. The topological polar surface area (TPSA) is 27.2 Å². The van der Waals surface area contributed by atoms with Gasteiger partial charge >= 0.3 is 0 Å². The second kappa shape index (κ2) is 8.34. The van der Waals surface area contributed by atoms with Crippen molar-refractivity contribution in [1.82, 2.24) is 18.5 Å². The van der Waals surface area contributed by atoms with Crippen molar-refractivity contribution in [3.8, 4) is 11.4 Å². The number of imidazole rings is 1. The van der Waals surface area contributed by atoms with Gasteiger partial charge in [0.1, 0.15) is 11.3 Å². The second-order valence-electron chi connectivity index (χ2n) is 11.2. The Morgan fingerprint density at radius 2 is 1.00 bits per heavy atom. The average molecular weight is 549 g/mol. The maximum Gasteiger partial charge on any atom is 0.147 e. The van der Waals surface area contributed by atoms with Crippen LogP contribution in [0.3, 0.4) is 0 Å². The highest BCUT2D eigenvalue weighted by Crippen LogP contribution is 2.41. The van der Waals surface area contributed by atoms with Gasteiger partial charge in [-0.25, -0.2) is 4.98 Å². The van der Waals surface area contributed by atoms with E-state index in [0.717, 1.165) is 39.1 Å². The Morgan fingerprint density at radius 3 is 1.81 bits per heavy atom. The molecular weight excluding hydrogens is 524 g/mol. The van der Waals surface area contributed by atoms with Gasteiger partial charge in [0.05, 0.1) is 27.6 Å². The van der Waals surface area contributed by atoms with Crippen LogP contribution in [0.2, 0.25) is 0 Å². The predicted molar refractivity (Wildman–Crippen MR) is 179 cm³/mol. The van der Waals surface area contributed by atoms with E-state index in [-0.39, 0.29) is 0 Å². The lowest BCUT2D eigenvalue weighted by molar-refractivity contribution is 1.12. The Kier molecular flexibility index (Phi) is 4.42. The number of hydrogen-bond donors (Lipinski definition) is 0. The number of pyridine rings is 1. The normalized spacial score (nSPS) is 12.2. The molecule has 0 aliphatic rings. The van der Waals surface area contributed by atoms with Crippen molar-refractivity contribution in [1.29, 1.82) is 0 Å². The number of fused-ring (bicyclic) bond motifs is 13. The zero-order chi connectivity index (χ0) is 28.1. The quantitative estimate of drug-likeness (QED) is 0.211. The zero-order valence-corrected chi connectivity index (χ0v) is 23.1. The van der Waals surface area contributed by atoms with E-state index in [1.807, 2.05) is 0 Å². The molecule has 0 amide bonds. The number of hydrogen-bond acceptors (Lipinski definition) is 1. The number of aromatic nitrogens is 4. The summed E-state index contributed by atoms with van der Waals surface area (Å²) in [6, 6.07) is 52.2. The van der Waals surface area contributed by atoms with E-state index < -0.39 is 0 Å². The molecule has 0 spiro atoms. The molecule has 0 bridgehead atoms. The van der Waals surface area contributed by atoms with Crippen LogP contribution < -0.4 is 0 Å². The lowest BCUT2D eigenvalue weighted by Gasteiger charge is -2.12. The molecule has 0 aliphatic carbocycles. The first kappa shape index (κ1) is 22.8. The Balaban J connectivity index is 1.41. The molecule has 0 radical (unpaired) electrons. The van der Waals surface area contributed by atoms with Crippen LogP contribution in [-0.4, -0.2) is 18.5 Å². The van der Waals surface area contributed by atoms with Crippen molar-refractivity contribution in [3.05, 3.63) is 146 Å². The van der Waals surface area contributed by atoms with Crippen molar-refractivity contribution in [2.75, 3.05) is 0 Å². The molecule has 0 fully saturated rings. The summed E-state index contributed by atoms with van der Waals surface area (Å²) in [6.07, 6.45) is 0. The van der Waals surface area contributed by atoms with Gasteiger partial charge in [0.25, 0.3) is 0 Å². The molecule has 4 nitrogen and oxygen atoms in total. The number of rotatable bonds is 2. The predicted octanol–water partition coefficient (Wildman–Crippen LogP) is 9.83. The third kappa shape index (κ3) is 2.97. The van der Waals surface area contributed by atoms with E-state index in [4.69, 9.17) is 4.98 Å². The summed E-state index contributed by atoms with van der Waals surface area (Å²) in [5.74, 6) is 0. The molecule has 4 heteroatoms. The fourth-order valence-corrected chi connectivity index (χ4v) is 7.24. The van der Waals surface area contributed by atoms with Crippen molar-refractivity contribution in [2.45, 2.75) is 0 Å². The summed E-state index contributed by atoms with van der Waals surface area (Å²) < 4.78 is 7.17. The first-order valence-corrected chi connectivity index (χ1v) is 14.7. The van der Waals surface area contributed by atoms with Crippen LogP contribution >= 0.6 is 0 Å². The molecule has 6 aromatic carbocycles. The van der Waals surface area contributed by atoms with Gasteiger partial charge in [-0.15, -0.1) is 0 Å². The summed E-state index contributed by atoms with van der Waals surface area (Å²) in [6.45, 7) is 0. The van der Waals surface area contributed by atoms with Crippen LogP contribution in [0.4, 0.5) is 0 Å². The molecule has 0 saturated carbocycles. The van der Waals surface area contributed by atoms with Crippen LogP contribution in [0.5, 0.6) is 0 Å². The number of para-hydroxylation sites is 5. The van der Waals surface area contributed by atoms with Crippen molar-refractivity contribution < 1.29 is 0 Å². The maximum atomic E-state index is 5.17. The Hall–Kier alpha value is -5.87. The molecule has 200 valence electrons. The number of nitrogens with zero attached hydrogens (tertiary/aromatic N) is 4. The molecule has 4 heterocycles. The monoisotopic (exact) mass is 548 g/mol. The van der Waals surface area contributed by atoms with Crippen LogP contribution in [0, 0.1) is 0 Å². The van der Waals surface area contributed by atoms with Gasteiger partial charge in [-0.2, -0.15) is 0 Å². The molecule has 10 aromatic rings. The van der Waals surface area contributed by atoms with Crippen molar-refractivity contribution in [2.24, 2.45) is 0 Å². The highest BCUT2D eigenvalue weighted by Gasteiger charge is 2.22. The van der Waals surface area contributed by atoms with Crippen LogP contribution in [0.25, 0.3) is 82.6 Å². The van der Waals surface area contributed by atoms with Gasteiger partial charge in [-0.3, -0.25) is 8.97 Å². The van der Waals surface area contributed by atoms with Gasteiger partial charge in [0, 0.05) is 38.3 Å². The largest absolute Gasteiger partial charge is 0.309 e. The van der Waals surface area contributed by atoms with Crippen molar-refractivity contribution in [3.63, 3.8) is 0 Å². The minimum absolute atomic E-state index is 0.982. The fourth-order valence-electron chi connectivity index (χ4n) is 7.24. The summed E-state index contributed by atoms with van der Waals surface area (Å²) >= 11 is 0. The van der Waals surface area contributed by atoms with E-state index in [2.05, 4.69) is 159 Å². The standard InChI is InChI=1S/C39H24N4/c1-2-12-25(13-3-1)41-33-19-9-6-14-27(33)31-24-26(22-23-35(31)41)42-34-20-10-7-17-30(34)37-28-15-4-5-16-29(28)38-40-32-18-8-11-21-36(32)43(38)39(37)42/h1-24H. The highest BCUT2D eigenvalue weighted by atomic mass is 15.1. The first-order chi connectivity index (χ1) is 21.4. The van der Waals surface area contributed by atoms with E-state index >= 15 is 0 Å². The van der Waals surface area contributed by atoms with E-state index in [1.54, 1.807) is 0 Å². The highest BCUT2D eigenvalue weighted by molar-refractivity contribution is 6.24. The Labute approximate surface area is 246 Å². The molecule has 0 saturated heterocycles. The fraction of sp³-hybridized carbons (Fsp3) is 0. The summed E-state index contributed by atoms with van der Waals surface area (Å²) in [5.41, 5.74) is 10.1. The lowest BCUT2D eigenvalue weighted by atomic mass is 10.1. The smallest absolute Gasteiger partial charge is 0.147 e. The van der Waals surface area contributed by atoms with Gasteiger partial charge < -0.3 is 4.57 Å². The molecular formula is C39H24N4. The van der Waals surface area contributed by atoms with Crippen molar-refractivity contribution >= 4 is 71.2 Å². The maximum absolute atomic E-state index is 5.17. The summed E-state index contributed by atoms with van der Waals surface area (Å²) in [5, 5.41) is 7.34. The van der Waals surface area contributed by atoms with Crippen LogP contribution in [0.15, 0.2) is 146 Å². The molecule has 0 N–H and O–H groups in total. The van der Waals surface area contributed by atoms with E-state index in [1.165, 1.54) is 43.5 Å². The van der Waals surface area contributed by atoms with Crippen LogP contribution in [-0.2, 0) is 0 Å². The minimum Gasteiger partial charge on any atom is -0.309 e. The van der Waals surface area contributed by atoms with Gasteiger partial charge in [-0.05, 0) is 60.0 Å². The van der Waals surface area contributed by atoms with Gasteiger partial charge in [0.2, 0.25) is 0 Å².